The molecule has 0 radical (unpaired) electrons. The monoisotopic (exact) mass is 355 g/mol. The average molecular weight is 355 g/mol. The van der Waals surface area contributed by atoms with Crippen molar-refractivity contribution in [3.8, 4) is 11.4 Å². The van der Waals surface area contributed by atoms with Crippen LogP contribution in [-0.4, -0.2) is 28.8 Å². The maximum absolute atomic E-state index is 12.9. The maximum atomic E-state index is 12.9. The third-order valence-electron chi connectivity index (χ3n) is 3.91. The van der Waals surface area contributed by atoms with Crippen molar-refractivity contribution in [3.63, 3.8) is 0 Å². The Morgan fingerprint density at radius 3 is 2.52 bits per heavy atom. The van der Waals surface area contributed by atoms with Crippen molar-refractivity contribution in [2.75, 3.05) is 7.11 Å². The van der Waals surface area contributed by atoms with Gasteiger partial charge in [-0.25, -0.2) is 4.68 Å². The van der Waals surface area contributed by atoms with Gasteiger partial charge in [-0.1, -0.05) is 19.9 Å². The second-order valence-electron chi connectivity index (χ2n) is 6.04. The van der Waals surface area contributed by atoms with Crippen LogP contribution in [0.2, 0.25) is 0 Å². The van der Waals surface area contributed by atoms with Crippen LogP contribution >= 0.6 is 0 Å². The van der Waals surface area contributed by atoms with Crippen LogP contribution in [0.1, 0.15) is 36.8 Å². The quantitative estimate of drug-likeness (QED) is 0.890. The van der Waals surface area contributed by atoms with Crippen molar-refractivity contribution in [1.82, 2.24) is 15.1 Å². The molecular formula is C17H20F3N3O2. The lowest BCUT2D eigenvalue weighted by Gasteiger charge is -2.16. The predicted molar refractivity (Wildman–Crippen MR) is 86.9 cm³/mol. The number of alkyl halides is 3. The second kappa shape index (κ2) is 7.16. The van der Waals surface area contributed by atoms with Crippen LogP contribution in [-0.2, 0) is 6.18 Å². The van der Waals surface area contributed by atoms with Crippen molar-refractivity contribution in [1.29, 1.82) is 0 Å². The minimum atomic E-state index is -4.46. The van der Waals surface area contributed by atoms with Crippen molar-refractivity contribution in [3.05, 3.63) is 41.7 Å². The van der Waals surface area contributed by atoms with Crippen LogP contribution in [0.4, 0.5) is 13.2 Å². The van der Waals surface area contributed by atoms with Gasteiger partial charge in [0, 0.05) is 6.04 Å². The first-order chi connectivity index (χ1) is 11.6. The van der Waals surface area contributed by atoms with Crippen molar-refractivity contribution >= 4 is 5.91 Å². The molecule has 2 aromatic rings. The molecule has 0 spiro atoms. The van der Waals surface area contributed by atoms with Crippen LogP contribution in [0, 0.1) is 5.92 Å². The van der Waals surface area contributed by atoms with Gasteiger partial charge in [0.05, 0.1) is 24.6 Å². The highest BCUT2D eigenvalue weighted by Gasteiger charge is 2.31. The van der Waals surface area contributed by atoms with E-state index in [1.807, 2.05) is 20.8 Å². The van der Waals surface area contributed by atoms with Gasteiger partial charge in [-0.3, -0.25) is 4.79 Å². The van der Waals surface area contributed by atoms with Gasteiger partial charge in [-0.05, 0) is 31.0 Å². The lowest BCUT2D eigenvalue weighted by molar-refractivity contribution is -0.137. The molecule has 1 aromatic carbocycles. The first kappa shape index (κ1) is 18.8. The fourth-order valence-corrected chi connectivity index (χ4v) is 2.06. The summed E-state index contributed by atoms with van der Waals surface area (Å²) >= 11 is 0. The molecule has 0 fully saturated rings. The number of aromatic nitrogens is 2. The van der Waals surface area contributed by atoms with Gasteiger partial charge in [-0.15, -0.1) is 0 Å². The zero-order valence-corrected chi connectivity index (χ0v) is 14.4. The smallest absolute Gasteiger partial charge is 0.416 e. The van der Waals surface area contributed by atoms with E-state index in [2.05, 4.69) is 10.4 Å². The van der Waals surface area contributed by atoms with Crippen molar-refractivity contribution in [2.24, 2.45) is 5.92 Å². The molecule has 25 heavy (non-hydrogen) atoms. The zero-order chi connectivity index (χ0) is 18.8. The molecule has 0 unspecified atom stereocenters. The molecule has 8 heteroatoms. The largest absolute Gasteiger partial charge is 0.493 e. The summed E-state index contributed by atoms with van der Waals surface area (Å²) in [4.78, 5) is 12.4. The molecule has 5 nitrogen and oxygen atoms in total. The van der Waals surface area contributed by atoms with Crippen LogP contribution in [0.5, 0.6) is 5.75 Å². The number of hydrogen-bond donors (Lipinski definition) is 1. The molecular weight excluding hydrogens is 335 g/mol. The molecule has 0 bridgehead atoms. The number of nitrogens with one attached hydrogen (secondary N) is 1. The second-order valence-corrected chi connectivity index (χ2v) is 6.04. The Balaban J connectivity index is 2.36. The number of hydrogen-bond acceptors (Lipinski definition) is 3. The first-order valence-electron chi connectivity index (χ1n) is 7.75. The van der Waals surface area contributed by atoms with Gasteiger partial charge < -0.3 is 10.1 Å². The van der Waals surface area contributed by atoms with Gasteiger partial charge in [0.2, 0.25) is 0 Å². The third kappa shape index (κ3) is 4.32. The zero-order valence-electron chi connectivity index (χ0n) is 14.4. The molecule has 1 N–H and O–H groups in total. The first-order valence-corrected chi connectivity index (χ1v) is 7.75. The summed E-state index contributed by atoms with van der Waals surface area (Å²) in [5.41, 5.74) is -0.588. The van der Waals surface area contributed by atoms with E-state index in [1.54, 1.807) is 0 Å². The molecule has 0 aliphatic rings. The summed E-state index contributed by atoms with van der Waals surface area (Å²) in [7, 11) is 1.37. The van der Waals surface area contributed by atoms with Gasteiger partial charge >= 0.3 is 6.18 Å². The summed E-state index contributed by atoms with van der Waals surface area (Å²) in [6.07, 6.45) is -3.08. The number of methoxy groups -OCH3 is 1. The molecule has 0 saturated heterocycles. The van der Waals surface area contributed by atoms with Crippen LogP contribution < -0.4 is 10.1 Å². The standard InChI is InChI=1S/C17H20F3N3O2/c1-10(2)11(3)21-16(24)15-14(25-4)9-23(22-15)13-7-5-6-12(8-13)17(18,19)20/h5-11H,1-4H3,(H,21,24)/t11-/m1/s1. The molecule has 1 heterocycles. The minimum absolute atomic E-state index is 0.0208. The molecule has 0 saturated carbocycles. The number of amides is 1. The predicted octanol–water partition coefficient (Wildman–Crippen LogP) is 3.67. The van der Waals surface area contributed by atoms with Gasteiger partial charge in [-0.2, -0.15) is 18.3 Å². The summed E-state index contributed by atoms with van der Waals surface area (Å²) < 4.78 is 44.9. The Labute approximate surface area is 143 Å². The van der Waals surface area contributed by atoms with Gasteiger partial charge in [0.15, 0.2) is 11.4 Å². The molecule has 2 rings (SSSR count). The van der Waals surface area contributed by atoms with Crippen molar-refractivity contribution < 1.29 is 22.7 Å². The molecule has 1 aromatic heterocycles. The van der Waals surface area contributed by atoms with E-state index in [0.29, 0.717) is 0 Å². The average Bonchev–Trinajstić information content (AvgIpc) is 2.98. The molecule has 1 atom stereocenters. The number of benzene rings is 1. The van der Waals surface area contributed by atoms with E-state index < -0.39 is 17.6 Å². The lowest BCUT2D eigenvalue weighted by Crippen LogP contribution is -2.36. The number of nitrogens with zero attached hydrogens (tertiary/aromatic N) is 2. The Bertz CT molecular complexity index is 754. The number of carbonyl (C=O) groups excluding carboxylic acids is 1. The molecule has 0 aliphatic heterocycles. The fraction of sp³-hybridized carbons (Fsp3) is 0.412. The summed E-state index contributed by atoms with van der Waals surface area (Å²) in [5.74, 6) is -0.0323. The summed E-state index contributed by atoms with van der Waals surface area (Å²) in [5, 5.41) is 6.90. The van der Waals surface area contributed by atoms with E-state index in [-0.39, 0.29) is 29.1 Å². The maximum Gasteiger partial charge on any atom is 0.416 e. The van der Waals surface area contributed by atoms with E-state index in [4.69, 9.17) is 4.74 Å². The Morgan fingerprint density at radius 1 is 1.28 bits per heavy atom. The van der Waals surface area contributed by atoms with E-state index in [0.717, 1.165) is 12.1 Å². The van der Waals surface area contributed by atoms with Crippen molar-refractivity contribution in [2.45, 2.75) is 33.0 Å². The normalized spacial score (nSPS) is 13.0. The third-order valence-corrected chi connectivity index (χ3v) is 3.91. The number of ether oxygens (including phenoxy) is 1. The SMILES string of the molecule is COc1cn(-c2cccc(C(F)(F)F)c2)nc1C(=O)N[C@H](C)C(C)C. The number of halogens is 3. The number of carbonyl (C=O) groups is 1. The fourth-order valence-electron chi connectivity index (χ4n) is 2.06. The Morgan fingerprint density at radius 2 is 1.96 bits per heavy atom. The Hall–Kier alpha value is -2.51. The van der Waals surface area contributed by atoms with E-state index in [1.165, 1.54) is 30.1 Å². The summed E-state index contributed by atoms with van der Waals surface area (Å²) in [6, 6.07) is 4.61. The van der Waals surface area contributed by atoms with Crippen LogP contribution in [0.25, 0.3) is 5.69 Å². The van der Waals surface area contributed by atoms with Gasteiger partial charge in [0.1, 0.15) is 0 Å². The Kier molecular flexibility index (Phi) is 5.39. The van der Waals surface area contributed by atoms with E-state index >= 15 is 0 Å². The molecule has 136 valence electrons. The highest BCUT2D eigenvalue weighted by atomic mass is 19.4. The molecule has 1 amide bonds. The lowest BCUT2D eigenvalue weighted by atomic mass is 10.1. The van der Waals surface area contributed by atoms with E-state index in [9.17, 15) is 18.0 Å². The van der Waals surface area contributed by atoms with Crippen LogP contribution in [0.15, 0.2) is 30.5 Å². The van der Waals surface area contributed by atoms with Crippen LogP contribution in [0.3, 0.4) is 0 Å². The minimum Gasteiger partial charge on any atom is -0.493 e. The summed E-state index contributed by atoms with van der Waals surface area (Å²) in [6.45, 7) is 5.78. The number of rotatable bonds is 5. The highest BCUT2D eigenvalue weighted by molar-refractivity contribution is 5.95. The topological polar surface area (TPSA) is 56.2 Å². The van der Waals surface area contributed by atoms with Gasteiger partial charge in [0.25, 0.3) is 5.91 Å². The highest BCUT2D eigenvalue weighted by Crippen LogP contribution is 2.30. The molecule has 0 aliphatic carbocycles.